The monoisotopic (exact) mass is 168 g/mol. The molecule has 3 heteroatoms. The van der Waals surface area contributed by atoms with Crippen LogP contribution in [0.5, 0.6) is 0 Å². The molecule has 0 saturated heterocycles. The van der Waals surface area contributed by atoms with Crippen molar-refractivity contribution < 1.29 is 5.11 Å². The Kier molecular flexibility index (Phi) is 3.07. The van der Waals surface area contributed by atoms with Crippen molar-refractivity contribution in [2.75, 3.05) is 20.1 Å². The van der Waals surface area contributed by atoms with E-state index in [-0.39, 0.29) is 0 Å². The third kappa shape index (κ3) is 2.47. The van der Waals surface area contributed by atoms with E-state index >= 15 is 0 Å². The fourth-order valence-electron chi connectivity index (χ4n) is 1.57. The molecule has 1 saturated carbocycles. The molecule has 0 aromatic rings. The van der Waals surface area contributed by atoms with Crippen molar-refractivity contribution in [1.82, 2.24) is 4.90 Å². The van der Waals surface area contributed by atoms with E-state index in [2.05, 4.69) is 6.07 Å². The zero-order chi connectivity index (χ0) is 9.03. The number of rotatable bonds is 4. The first kappa shape index (κ1) is 9.50. The topological polar surface area (TPSA) is 47.3 Å². The van der Waals surface area contributed by atoms with E-state index in [4.69, 9.17) is 5.26 Å². The third-order valence-electron chi connectivity index (χ3n) is 2.45. The lowest BCUT2D eigenvalue weighted by atomic mass is 9.80. The molecule has 1 rings (SSSR count). The summed E-state index contributed by atoms with van der Waals surface area (Å²) < 4.78 is 0. The van der Waals surface area contributed by atoms with Crippen LogP contribution < -0.4 is 0 Å². The smallest absolute Gasteiger partial charge is 0.0774 e. The maximum Gasteiger partial charge on any atom is 0.0774 e. The van der Waals surface area contributed by atoms with Crippen molar-refractivity contribution in [2.24, 2.45) is 0 Å². The van der Waals surface area contributed by atoms with Crippen LogP contribution in [-0.4, -0.2) is 35.7 Å². The molecule has 1 N–H and O–H groups in total. The van der Waals surface area contributed by atoms with Gasteiger partial charge in [-0.3, -0.25) is 0 Å². The Balaban J connectivity index is 2.17. The molecule has 0 atom stereocenters. The fraction of sp³-hybridized carbons (Fsp3) is 0.889. The third-order valence-corrected chi connectivity index (χ3v) is 2.45. The molecule has 0 spiro atoms. The van der Waals surface area contributed by atoms with Crippen molar-refractivity contribution in [3.63, 3.8) is 0 Å². The predicted octanol–water partition coefficient (Wildman–Crippen LogP) is 0.747. The molecule has 0 unspecified atom stereocenters. The lowest BCUT2D eigenvalue weighted by molar-refractivity contribution is -0.0539. The van der Waals surface area contributed by atoms with E-state index in [0.717, 1.165) is 25.8 Å². The summed E-state index contributed by atoms with van der Waals surface area (Å²) in [5.41, 5.74) is -0.440. The second-order valence-corrected chi connectivity index (χ2v) is 3.72. The SMILES string of the molecule is CN(CCC#N)CC1(O)CCC1. The second-order valence-electron chi connectivity index (χ2n) is 3.72. The number of nitriles is 1. The maximum absolute atomic E-state index is 9.76. The molecule has 1 fully saturated rings. The molecule has 1 aliphatic carbocycles. The van der Waals surface area contributed by atoms with E-state index in [0.29, 0.717) is 13.0 Å². The van der Waals surface area contributed by atoms with Gasteiger partial charge < -0.3 is 10.0 Å². The quantitative estimate of drug-likeness (QED) is 0.673. The van der Waals surface area contributed by atoms with Crippen LogP contribution in [0.25, 0.3) is 0 Å². The summed E-state index contributed by atoms with van der Waals surface area (Å²) in [5.74, 6) is 0. The number of hydrogen-bond donors (Lipinski definition) is 1. The van der Waals surface area contributed by atoms with Crippen LogP contribution in [0.3, 0.4) is 0 Å². The lowest BCUT2D eigenvalue weighted by Gasteiger charge is -2.39. The minimum Gasteiger partial charge on any atom is -0.389 e. The van der Waals surface area contributed by atoms with Crippen LogP contribution in [-0.2, 0) is 0 Å². The van der Waals surface area contributed by atoms with E-state index in [1.54, 1.807) is 0 Å². The first-order valence-corrected chi connectivity index (χ1v) is 4.44. The molecule has 0 aliphatic heterocycles. The van der Waals surface area contributed by atoms with Gasteiger partial charge in [-0.15, -0.1) is 0 Å². The standard InChI is InChI=1S/C9H16N2O/c1-11(7-3-6-10)8-9(12)4-2-5-9/h12H,2-5,7-8H2,1H3. The number of aliphatic hydroxyl groups is 1. The summed E-state index contributed by atoms with van der Waals surface area (Å²) in [4.78, 5) is 2.03. The fourth-order valence-corrected chi connectivity index (χ4v) is 1.57. The first-order chi connectivity index (χ1) is 5.66. The highest BCUT2D eigenvalue weighted by molar-refractivity contribution is 4.90. The summed E-state index contributed by atoms with van der Waals surface area (Å²) >= 11 is 0. The van der Waals surface area contributed by atoms with Gasteiger partial charge in [0.1, 0.15) is 0 Å². The van der Waals surface area contributed by atoms with Crippen molar-refractivity contribution in [3.05, 3.63) is 0 Å². The molecule has 68 valence electrons. The largest absolute Gasteiger partial charge is 0.389 e. The zero-order valence-corrected chi connectivity index (χ0v) is 7.58. The lowest BCUT2D eigenvalue weighted by Crippen LogP contribution is -2.46. The molecule has 3 nitrogen and oxygen atoms in total. The molecule has 12 heavy (non-hydrogen) atoms. The van der Waals surface area contributed by atoms with Gasteiger partial charge in [0.05, 0.1) is 11.7 Å². The normalized spacial score (nSPS) is 20.2. The van der Waals surface area contributed by atoms with E-state index in [9.17, 15) is 5.11 Å². The van der Waals surface area contributed by atoms with Gasteiger partial charge in [0, 0.05) is 19.5 Å². The van der Waals surface area contributed by atoms with Gasteiger partial charge in [0.2, 0.25) is 0 Å². The number of hydrogen-bond acceptors (Lipinski definition) is 3. The van der Waals surface area contributed by atoms with E-state index < -0.39 is 5.60 Å². The molecule has 0 amide bonds. The van der Waals surface area contributed by atoms with Crippen LogP contribution in [0.2, 0.25) is 0 Å². The maximum atomic E-state index is 9.76. The van der Waals surface area contributed by atoms with Gasteiger partial charge in [0.25, 0.3) is 0 Å². The average Bonchev–Trinajstić information content (AvgIpc) is 1.98. The molecule has 0 aromatic carbocycles. The highest BCUT2D eigenvalue weighted by atomic mass is 16.3. The van der Waals surface area contributed by atoms with Crippen molar-refractivity contribution >= 4 is 0 Å². The number of nitrogens with zero attached hydrogens (tertiary/aromatic N) is 2. The van der Waals surface area contributed by atoms with Crippen LogP contribution >= 0.6 is 0 Å². The van der Waals surface area contributed by atoms with E-state index in [1.165, 1.54) is 0 Å². The Morgan fingerprint density at radius 1 is 1.58 bits per heavy atom. The van der Waals surface area contributed by atoms with Crippen LogP contribution in [0.4, 0.5) is 0 Å². The van der Waals surface area contributed by atoms with Crippen molar-refractivity contribution in [2.45, 2.75) is 31.3 Å². The molecule has 0 aromatic heterocycles. The van der Waals surface area contributed by atoms with Gasteiger partial charge in [-0.1, -0.05) is 0 Å². The van der Waals surface area contributed by atoms with E-state index in [1.807, 2.05) is 11.9 Å². The Bertz CT molecular complexity index is 181. The predicted molar refractivity (Wildman–Crippen MR) is 46.5 cm³/mol. The van der Waals surface area contributed by atoms with Crippen LogP contribution in [0.1, 0.15) is 25.7 Å². The van der Waals surface area contributed by atoms with Gasteiger partial charge in [0.15, 0.2) is 0 Å². The Morgan fingerprint density at radius 3 is 2.67 bits per heavy atom. The summed E-state index contributed by atoms with van der Waals surface area (Å²) in [6, 6.07) is 2.10. The molecule has 1 aliphatic rings. The Hall–Kier alpha value is -0.590. The van der Waals surface area contributed by atoms with Crippen molar-refractivity contribution in [3.8, 4) is 6.07 Å². The van der Waals surface area contributed by atoms with Crippen molar-refractivity contribution in [1.29, 1.82) is 5.26 Å². The highest BCUT2D eigenvalue weighted by Gasteiger charge is 2.34. The average molecular weight is 168 g/mol. The highest BCUT2D eigenvalue weighted by Crippen LogP contribution is 2.31. The Labute approximate surface area is 73.6 Å². The first-order valence-electron chi connectivity index (χ1n) is 4.44. The van der Waals surface area contributed by atoms with Crippen LogP contribution in [0.15, 0.2) is 0 Å². The molecule has 0 heterocycles. The molecular weight excluding hydrogens is 152 g/mol. The second kappa shape index (κ2) is 3.88. The summed E-state index contributed by atoms with van der Waals surface area (Å²) in [7, 11) is 1.95. The molecule has 0 radical (unpaired) electrons. The summed E-state index contributed by atoms with van der Waals surface area (Å²) in [6.07, 6.45) is 3.53. The molecule has 0 bridgehead atoms. The Morgan fingerprint density at radius 2 is 2.25 bits per heavy atom. The van der Waals surface area contributed by atoms with Gasteiger partial charge in [-0.2, -0.15) is 5.26 Å². The zero-order valence-electron chi connectivity index (χ0n) is 7.58. The summed E-state index contributed by atoms with van der Waals surface area (Å²) in [5, 5.41) is 18.1. The summed E-state index contributed by atoms with van der Waals surface area (Å²) in [6.45, 7) is 1.48. The van der Waals surface area contributed by atoms with Crippen LogP contribution in [0, 0.1) is 11.3 Å². The van der Waals surface area contributed by atoms with Gasteiger partial charge >= 0.3 is 0 Å². The van der Waals surface area contributed by atoms with Gasteiger partial charge in [-0.05, 0) is 26.3 Å². The van der Waals surface area contributed by atoms with Gasteiger partial charge in [-0.25, -0.2) is 0 Å². The minimum atomic E-state index is -0.440. The minimum absolute atomic E-state index is 0.440. The molecular formula is C9H16N2O. The number of likely N-dealkylation sites (N-methyl/N-ethyl adjacent to an activating group) is 1.